The molecule has 0 saturated heterocycles. The summed E-state index contributed by atoms with van der Waals surface area (Å²) in [6.45, 7) is 7.01. The second-order valence-corrected chi connectivity index (χ2v) is 7.95. The highest BCUT2D eigenvalue weighted by atomic mass is 32.1. The molecule has 2 aromatic carbocycles. The maximum atomic E-state index is 13.5. The molecule has 1 unspecified atom stereocenters. The highest BCUT2D eigenvalue weighted by Gasteiger charge is 2.33. The monoisotopic (exact) mass is 436 g/mol. The number of hydrogen-bond acceptors (Lipinski definition) is 4. The molecule has 1 aromatic heterocycles. The predicted octanol–water partition coefficient (Wildman–Crippen LogP) is 5.51. The Bertz CT molecular complexity index is 1110. The maximum Gasteiger partial charge on any atom is 0.258 e. The minimum absolute atomic E-state index is 0.285. The number of thiocarbonyl (C=S) groups is 1. The van der Waals surface area contributed by atoms with Gasteiger partial charge in [0.15, 0.2) is 5.11 Å². The molecule has 1 aliphatic heterocycles. The first-order valence-electron chi connectivity index (χ1n) is 10.5. The van der Waals surface area contributed by atoms with Crippen LogP contribution < -0.4 is 5.32 Å². The molecule has 0 aliphatic carbocycles. The molecule has 0 spiro atoms. The Labute approximate surface area is 187 Å². The predicted molar refractivity (Wildman–Crippen MR) is 124 cm³/mol. The van der Waals surface area contributed by atoms with Crippen LogP contribution in [0.5, 0.6) is 0 Å². The van der Waals surface area contributed by atoms with Crippen molar-refractivity contribution in [1.29, 1.82) is 0 Å². The molecule has 0 fully saturated rings. The van der Waals surface area contributed by atoms with E-state index in [1.54, 1.807) is 12.1 Å². The fraction of sp³-hybridized carbons (Fsp3) is 0.292. The van der Waals surface area contributed by atoms with Crippen LogP contribution in [-0.4, -0.2) is 26.7 Å². The molecule has 2 heterocycles. The van der Waals surface area contributed by atoms with Gasteiger partial charge in [0.2, 0.25) is 5.82 Å². The SMILES string of the molecule is CCCN1C(=S)NC(c2ccc(F)cc2)C(c2nc(-c3ccc(CC)cc3)no2)=C1C. The molecule has 1 atom stereocenters. The number of benzene rings is 2. The van der Waals surface area contributed by atoms with Crippen molar-refractivity contribution in [1.82, 2.24) is 20.4 Å². The first-order chi connectivity index (χ1) is 15.0. The van der Waals surface area contributed by atoms with Gasteiger partial charge in [0.1, 0.15) is 5.82 Å². The summed E-state index contributed by atoms with van der Waals surface area (Å²) in [5, 5.41) is 8.24. The van der Waals surface area contributed by atoms with Crippen molar-refractivity contribution in [2.24, 2.45) is 0 Å². The zero-order valence-electron chi connectivity index (χ0n) is 17.9. The Hall–Kier alpha value is -3.06. The largest absolute Gasteiger partial charge is 0.351 e. The summed E-state index contributed by atoms with van der Waals surface area (Å²) in [6.07, 6.45) is 1.91. The lowest BCUT2D eigenvalue weighted by Crippen LogP contribution is -2.46. The second kappa shape index (κ2) is 8.98. The number of hydrogen-bond donors (Lipinski definition) is 1. The van der Waals surface area contributed by atoms with Crippen molar-refractivity contribution >= 4 is 22.9 Å². The second-order valence-electron chi connectivity index (χ2n) is 7.56. The summed E-state index contributed by atoms with van der Waals surface area (Å²) in [7, 11) is 0. The summed E-state index contributed by atoms with van der Waals surface area (Å²) >= 11 is 5.62. The normalized spacial score (nSPS) is 16.6. The van der Waals surface area contributed by atoms with Gasteiger partial charge in [0.25, 0.3) is 5.89 Å². The number of rotatable bonds is 6. The van der Waals surface area contributed by atoms with Crippen LogP contribution in [0.1, 0.15) is 50.3 Å². The summed E-state index contributed by atoms with van der Waals surface area (Å²) in [5.41, 5.74) is 4.83. The molecule has 0 radical (unpaired) electrons. The van der Waals surface area contributed by atoms with E-state index in [-0.39, 0.29) is 11.9 Å². The van der Waals surface area contributed by atoms with Gasteiger partial charge < -0.3 is 14.7 Å². The maximum absolute atomic E-state index is 13.5. The summed E-state index contributed by atoms with van der Waals surface area (Å²) in [5.74, 6) is 0.677. The number of aromatic nitrogens is 2. The third-order valence-electron chi connectivity index (χ3n) is 5.52. The molecule has 1 N–H and O–H groups in total. The minimum atomic E-state index is -0.308. The molecule has 31 heavy (non-hydrogen) atoms. The van der Waals surface area contributed by atoms with Crippen LogP contribution in [0.4, 0.5) is 4.39 Å². The van der Waals surface area contributed by atoms with E-state index in [2.05, 4.69) is 36.5 Å². The minimum Gasteiger partial charge on any atom is -0.351 e. The molecule has 3 aromatic rings. The molecule has 4 rings (SSSR count). The van der Waals surface area contributed by atoms with Crippen molar-refractivity contribution in [2.75, 3.05) is 6.54 Å². The summed E-state index contributed by atoms with van der Waals surface area (Å²) < 4.78 is 19.2. The fourth-order valence-electron chi connectivity index (χ4n) is 3.80. The van der Waals surface area contributed by atoms with E-state index >= 15 is 0 Å². The van der Waals surface area contributed by atoms with Crippen LogP contribution in [0, 0.1) is 5.82 Å². The van der Waals surface area contributed by atoms with Crippen LogP contribution in [0.15, 0.2) is 58.8 Å². The average molecular weight is 437 g/mol. The van der Waals surface area contributed by atoms with Gasteiger partial charge in [0, 0.05) is 17.8 Å². The molecule has 1 aliphatic rings. The van der Waals surface area contributed by atoms with E-state index in [0.717, 1.165) is 41.8 Å². The van der Waals surface area contributed by atoms with Gasteiger partial charge in [-0.25, -0.2) is 4.39 Å². The molecule has 7 heteroatoms. The smallest absolute Gasteiger partial charge is 0.258 e. The standard InChI is InChI=1S/C24H25FN4OS/c1-4-14-29-15(3)20(21(26-24(29)31)17-10-12-19(25)13-11-17)23-27-22(28-30-23)18-8-6-16(5-2)7-9-18/h6-13,21H,4-5,14H2,1-3H3,(H,26,31). The number of halogens is 1. The quantitative estimate of drug-likeness (QED) is 0.514. The van der Waals surface area contributed by atoms with E-state index in [9.17, 15) is 4.39 Å². The third-order valence-corrected chi connectivity index (χ3v) is 5.86. The molecule has 160 valence electrons. The van der Waals surface area contributed by atoms with E-state index in [4.69, 9.17) is 21.7 Å². The highest BCUT2D eigenvalue weighted by Crippen LogP contribution is 2.37. The van der Waals surface area contributed by atoms with Crippen molar-refractivity contribution in [3.63, 3.8) is 0 Å². The van der Waals surface area contributed by atoms with Gasteiger partial charge >= 0.3 is 0 Å². The first kappa shape index (κ1) is 21.2. The molecule has 0 amide bonds. The summed E-state index contributed by atoms with van der Waals surface area (Å²) in [6, 6.07) is 14.2. The van der Waals surface area contributed by atoms with Gasteiger partial charge in [-0.15, -0.1) is 0 Å². The molecule has 0 saturated carbocycles. The van der Waals surface area contributed by atoms with Crippen LogP contribution in [0.25, 0.3) is 17.0 Å². The zero-order chi connectivity index (χ0) is 22.0. The van der Waals surface area contributed by atoms with E-state index < -0.39 is 0 Å². The topological polar surface area (TPSA) is 54.2 Å². The van der Waals surface area contributed by atoms with Crippen molar-refractivity contribution < 1.29 is 8.91 Å². The molecule has 0 bridgehead atoms. The molecular formula is C24H25FN4OS. The first-order valence-corrected chi connectivity index (χ1v) is 10.9. The molecule has 5 nitrogen and oxygen atoms in total. The lowest BCUT2D eigenvalue weighted by molar-refractivity contribution is 0.396. The van der Waals surface area contributed by atoms with Crippen molar-refractivity contribution in [2.45, 2.75) is 39.7 Å². The average Bonchev–Trinajstić information content (AvgIpc) is 3.26. The number of aryl methyl sites for hydroxylation is 1. The van der Waals surface area contributed by atoms with Gasteiger partial charge in [-0.3, -0.25) is 0 Å². The van der Waals surface area contributed by atoms with Crippen LogP contribution in [-0.2, 0) is 6.42 Å². The number of nitrogens with zero attached hydrogens (tertiary/aromatic N) is 3. The van der Waals surface area contributed by atoms with Crippen molar-refractivity contribution in [3.05, 3.63) is 77.1 Å². The lowest BCUT2D eigenvalue weighted by Gasteiger charge is -2.37. The molecular weight excluding hydrogens is 411 g/mol. The van der Waals surface area contributed by atoms with Gasteiger partial charge in [-0.05, 0) is 55.2 Å². The zero-order valence-corrected chi connectivity index (χ0v) is 18.7. The highest BCUT2D eigenvalue weighted by molar-refractivity contribution is 7.80. The van der Waals surface area contributed by atoms with Crippen LogP contribution >= 0.6 is 12.2 Å². The lowest BCUT2D eigenvalue weighted by atomic mass is 9.94. The Morgan fingerprint density at radius 3 is 2.45 bits per heavy atom. The Balaban J connectivity index is 1.78. The van der Waals surface area contributed by atoms with Gasteiger partial charge in [-0.2, -0.15) is 4.98 Å². The van der Waals surface area contributed by atoms with Crippen LogP contribution in [0.3, 0.4) is 0 Å². The number of allylic oxidation sites excluding steroid dienone is 1. The summed E-state index contributed by atoms with van der Waals surface area (Å²) in [4.78, 5) is 6.75. The van der Waals surface area contributed by atoms with E-state index in [1.807, 2.05) is 24.0 Å². The number of nitrogens with one attached hydrogen (secondary N) is 1. The van der Waals surface area contributed by atoms with E-state index in [1.165, 1.54) is 17.7 Å². The van der Waals surface area contributed by atoms with Gasteiger partial charge in [0.05, 0.1) is 11.6 Å². The Morgan fingerprint density at radius 1 is 1.10 bits per heavy atom. The Morgan fingerprint density at radius 2 is 1.81 bits per heavy atom. The van der Waals surface area contributed by atoms with Gasteiger partial charge in [-0.1, -0.05) is 55.4 Å². The fourth-order valence-corrected chi connectivity index (χ4v) is 4.14. The third kappa shape index (κ3) is 4.23. The Kier molecular flexibility index (Phi) is 6.13. The van der Waals surface area contributed by atoms with Crippen molar-refractivity contribution in [3.8, 4) is 11.4 Å². The van der Waals surface area contributed by atoms with E-state index in [0.29, 0.717) is 16.8 Å². The van der Waals surface area contributed by atoms with Crippen LogP contribution in [0.2, 0.25) is 0 Å².